The zero-order valence-electron chi connectivity index (χ0n) is 32.3. The Hall–Kier alpha value is -5.57. The predicted octanol–water partition coefficient (Wildman–Crippen LogP) is 9.57. The van der Waals surface area contributed by atoms with Gasteiger partial charge in [-0.1, -0.05) is 54.1 Å². The summed E-state index contributed by atoms with van der Waals surface area (Å²) in [4.78, 5) is 21.9. The van der Waals surface area contributed by atoms with Gasteiger partial charge in [0.15, 0.2) is 0 Å². The van der Waals surface area contributed by atoms with E-state index in [4.69, 9.17) is 18.9 Å². The highest BCUT2D eigenvalue weighted by molar-refractivity contribution is 5.92. The van der Waals surface area contributed by atoms with Gasteiger partial charge in [-0.05, 0) is 121 Å². The van der Waals surface area contributed by atoms with E-state index in [0.29, 0.717) is 37.9 Å². The van der Waals surface area contributed by atoms with E-state index in [1.165, 1.54) is 16.7 Å². The van der Waals surface area contributed by atoms with Crippen molar-refractivity contribution in [3.05, 3.63) is 154 Å². The molecule has 0 atom stereocenters. The molecule has 0 unspecified atom stereocenters. The SMILES string of the molecule is COc1ccc(COc2ccc(Oc3c(C)cc(/C=C/C(=O)N4CCN(Cc5ccc(/C=C/COc6ccc(C)cc6)cc5C)CC4)cc3C)nc2)cc1.Cl. The number of hydrogen-bond acceptors (Lipinski definition) is 7. The van der Waals surface area contributed by atoms with E-state index in [1.54, 1.807) is 25.4 Å². The van der Waals surface area contributed by atoms with E-state index in [9.17, 15) is 4.79 Å². The second-order valence-electron chi connectivity index (χ2n) is 13.7. The van der Waals surface area contributed by atoms with Crippen molar-refractivity contribution in [2.45, 2.75) is 40.8 Å². The van der Waals surface area contributed by atoms with Gasteiger partial charge in [0.25, 0.3) is 0 Å². The fourth-order valence-electron chi connectivity index (χ4n) is 6.35. The monoisotopic (exact) mass is 759 g/mol. The molecule has 1 saturated heterocycles. The standard InChI is InChI=1S/C46H49N3O5.ClH/c1-33-8-15-42(16-9-33)52-26-6-7-37-10-14-40(34(2)27-37)31-48-22-24-49(25-23-48)45(50)21-13-39-28-35(3)46(36(4)29-39)54-44-20-19-43(30-47-44)53-32-38-11-17-41(51-5)18-12-38;/h6-21,27-30H,22-26,31-32H2,1-5H3;1H/b7-6+,21-13+;. The molecule has 1 fully saturated rings. The largest absolute Gasteiger partial charge is 0.497 e. The number of nitrogens with zero attached hydrogens (tertiary/aromatic N) is 3. The second kappa shape index (κ2) is 19.7. The molecule has 1 aliphatic heterocycles. The van der Waals surface area contributed by atoms with E-state index in [1.807, 2.05) is 85.5 Å². The van der Waals surface area contributed by atoms with Gasteiger partial charge in [0.05, 0.1) is 13.3 Å². The number of hydrogen-bond donors (Lipinski definition) is 0. The zero-order valence-corrected chi connectivity index (χ0v) is 33.1. The van der Waals surface area contributed by atoms with E-state index in [-0.39, 0.29) is 18.3 Å². The Kier molecular flexibility index (Phi) is 14.5. The molecule has 0 radical (unpaired) electrons. The van der Waals surface area contributed by atoms with Crippen molar-refractivity contribution in [2.75, 3.05) is 39.9 Å². The lowest BCUT2D eigenvalue weighted by atomic mass is 10.0. The molecule has 1 aromatic heterocycles. The van der Waals surface area contributed by atoms with Crippen LogP contribution in [0.2, 0.25) is 0 Å². The molecule has 0 bridgehead atoms. The van der Waals surface area contributed by atoms with Crippen LogP contribution in [0, 0.1) is 27.7 Å². The lowest BCUT2D eigenvalue weighted by molar-refractivity contribution is -0.127. The molecule has 5 aromatic rings. The first-order valence-electron chi connectivity index (χ1n) is 18.4. The molecule has 286 valence electrons. The number of ether oxygens (including phenoxy) is 4. The summed E-state index contributed by atoms with van der Waals surface area (Å²) < 4.78 is 23.1. The van der Waals surface area contributed by atoms with Crippen LogP contribution in [0.5, 0.6) is 28.9 Å². The first-order chi connectivity index (χ1) is 26.2. The lowest BCUT2D eigenvalue weighted by Gasteiger charge is -2.34. The summed E-state index contributed by atoms with van der Waals surface area (Å²) in [6.45, 7) is 13.1. The van der Waals surface area contributed by atoms with Crippen molar-refractivity contribution >= 4 is 30.5 Å². The highest BCUT2D eigenvalue weighted by atomic mass is 35.5. The van der Waals surface area contributed by atoms with Gasteiger partial charge in [-0.25, -0.2) is 4.98 Å². The minimum atomic E-state index is 0. The average molecular weight is 760 g/mol. The molecule has 6 rings (SSSR count). The molecule has 0 aliphatic carbocycles. The topological polar surface area (TPSA) is 73.4 Å². The summed E-state index contributed by atoms with van der Waals surface area (Å²) in [5.41, 5.74) is 8.87. The summed E-state index contributed by atoms with van der Waals surface area (Å²) in [6.07, 6.45) is 9.38. The summed E-state index contributed by atoms with van der Waals surface area (Å²) in [7, 11) is 1.65. The number of halogens is 1. The Balaban J connectivity index is 0.00000580. The minimum Gasteiger partial charge on any atom is -0.497 e. The number of aryl methyl sites for hydroxylation is 4. The van der Waals surface area contributed by atoms with E-state index < -0.39 is 0 Å². The van der Waals surface area contributed by atoms with Gasteiger partial charge in [-0.2, -0.15) is 0 Å². The van der Waals surface area contributed by atoms with E-state index in [0.717, 1.165) is 64.7 Å². The van der Waals surface area contributed by atoms with Crippen LogP contribution in [0.3, 0.4) is 0 Å². The Labute approximate surface area is 331 Å². The molecule has 1 aliphatic rings. The van der Waals surface area contributed by atoms with Crippen molar-refractivity contribution < 1.29 is 23.7 Å². The third-order valence-corrected chi connectivity index (χ3v) is 9.50. The highest BCUT2D eigenvalue weighted by Crippen LogP contribution is 2.30. The first kappa shape index (κ1) is 40.6. The number of carbonyl (C=O) groups excluding carboxylic acids is 1. The Morgan fingerprint density at radius 2 is 1.40 bits per heavy atom. The normalized spacial score (nSPS) is 13.1. The van der Waals surface area contributed by atoms with Crippen LogP contribution in [0.25, 0.3) is 12.2 Å². The van der Waals surface area contributed by atoms with E-state index >= 15 is 0 Å². The molecular formula is C46H50ClN3O5. The third kappa shape index (κ3) is 11.7. The van der Waals surface area contributed by atoms with Gasteiger partial charge >= 0.3 is 0 Å². The molecule has 2 heterocycles. The van der Waals surface area contributed by atoms with Gasteiger partial charge in [0.1, 0.15) is 36.2 Å². The summed E-state index contributed by atoms with van der Waals surface area (Å²) >= 11 is 0. The summed E-state index contributed by atoms with van der Waals surface area (Å²) in [5.74, 6) is 3.60. The number of amides is 1. The Morgan fingerprint density at radius 1 is 0.727 bits per heavy atom. The smallest absolute Gasteiger partial charge is 0.246 e. The van der Waals surface area contributed by atoms with Gasteiger partial charge in [0.2, 0.25) is 11.8 Å². The van der Waals surface area contributed by atoms with Crippen molar-refractivity contribution in [3.8, 4) is 28.9 Å². The number of piperazine rings is 1. The molecule has 0 saturated carbocycles. The maximum atomic E-state index is 13.1. The molecule has 4 aromatic carbocycles. The number of pyridine rings is 1. The number of aromatic nitrogens is 1. The van der Waals surface area contributed by atoms with Crippen LogP contribution in [-0.4, -0.2) is 60.6 Å². The van der Waals surface area contributed by atoms with Gasteiger partial charge in [-0.3, -0.25) is 9.69 Å². The Bertz CT molecular complexity index is 2050. The van der Waals surface area contributed by atoms with E-state index in [2.05, 4.69) is 60.1 Å². The second-order valence-corrected chi connectivity index (χ2v) is 13.7. The lowest BCUT2D eigenvalue weighted by Crippen LogP contribution is -2.47. The van der Waals surface area contributed by atoms with Crippen molar-refractivity contribution in [3.63, 3.8) is 0 Å². The minimum absolute atomic E-state index is 0. The van der Waals surface area contributed by atoms with Crippen LogP contribution in [-0.2, 0) is 17.9 Å². The molecule has 8 nitrogen and oxygen atoms in total. The van der Waals surface area contributed by atoms with Gasteiger partial charge < -0.3 is 23.8 Å². The van der Waals surface area contributed by atoms with Crippen molar-refractivity contribution in [1.82, 2.24) is 14.8 Å². The first-order valence-corrected chi connectivity index (χ1v) is 18.4. The molecule has 0 N–H and O–H groups in total. The van der Waals surface area contributed by atoms with Gasteiger partial charge in [0, 0.05) is 44.9 Å². The Morgan fingerprint density at radius 3 is 2.05 bits per heavy atom. The van der Waals surface area contributed by atoms with Crippen LogP contribution >= 0.6 is 12.4 Å². The maximum absolute atomic E-state index is 13.1. The fraction of sp³-hybridized carbons (Fsp3) is 0.261. The van der Waals surface area contributed by atoms with Crippen LogP contribution < -0.4 is 18.9 Å². The zero-order chi connectivity index (χ0) is 37.9. The number of benzene rings is 4. The maximum Gasteiger partial charge on any atom is 0.246 e. The van der Waals surface area contributed by atoms with Crippen molar-refractivity contribution in [1.29, 1.82) is 0 Å². The van der Waals surface area contributed by atoms with Crippen molar-refractivity contribution in [2.24, 2.45) is 0 Å². The van der Waals surface area contributed by atoms with Crippen LogP contribution in [0.1, 0.15) is 44.5 Å². The molecule has 55 heavy (non-hydrogen) atoms. The number of rotatable bonds is 14. The molecule has 0 spiro atoms. The molecular weight excluding hydrogens is 710 g/mol. The predicted molar refractivity (Wildman–Crippen MR) is 223 cm³/mol. The summed E-state index contributed by atoms with van der Waals surface area (Å²) in [5, 5.41) is 0. The number of methoxy groups -OCH3 is 1. The molecule has 1 amide bonds. The third-order valence-electron chi connectivity index (χ3n) is 9.50. The van der Waals surface area contributed by atoms with Gasteiger partial charge in [-0.15, -0.1) is 12.4 Å². The summed E-state index contributed by atoms with van der Waals surface area (Å²) in [6, 6.07) is 30.2. The fourth-order valence-corrected chi connectivity index (χ4v) is 6.35. The van der Waals surface area contributed by atoms with Crippen LogP contribution in [0.15, 0.2) is 109 Å². The highest BCUT2D eigenvalue weighted by Gasteiger charge is 2.20. The number of carbonyl (C=O) groups is 1. The quantitative estimate of drug-likeness (QED) is 0.105. The average Bonchev–Trinajstić information content (AvgIpc) is 3.19. The molecule has 9 heteroatoms. The van der Waals surface area contributed by atoms with Crippen LogP contribution in [0.4, 0.5) is 0 Å².